The third kappa shape index (κ3) is 4.09. The Morgan fingerprint density at radius 2 is 1.78 bits per heavy atom. The van der Waals surface area contributed by atoms with Crippen LogP contribution in [0.1, 0.15) is 5.56 Å². The monoisotopic (exact) mass is 359 g/mol. The van der Waals surface area contributed by atoms with Crippen molar-refractivity contribution in [2.45, 2.75) is 13.1 Å². The summed E-state index contributed by atoms with van der Waals surface area (Å²) >= 11 is 0. The fourth-order valence-electron chi connectivity index (χ4n) is 2.61. The number of nitrogens with zero attached hydrogens (tertiary/aromatic N) is 4. The van der Waals surface area contributed by atoms with E-state index in [0.717, 1.165) is 11.1 Å². The highest BCUT2D eigenvalue weighted by Gasteiger charge is 2.13. The standard InChI is InChI=1S/C20H17N5O2/c26-18(21-11-15-7-3-1-4-8-15)13-25-12-17(22-14-25)19-23-20(27-24-19)16-9-5-2-6-10-16/h1-10,12,14H,11,13H2,(H,21,26). The molecule has 1 N–H and O–H groups in total. The molecular weight excluding hydrogens is 342 g/mol. The third-order valence-corrected chi connectivity index (χ3v) is 3.97. The fraction of sp³-hybridized carbons (Fsp3) is 0.100. The third-order valence-electron chi connectivity index (χ3n) is 3.97. The van der Waals surface area contributed by atoms with Gasteiger partial charge in [0.25, 0.3) is 5.89 Å². The average Bonchev–Trinajstić information content (AvgIpc) is 3.37. The van der Waals surface area contributed by atoms with Crippen LogP contribution >= 0.6 is 0 Å². The number of aromatic nitrogens is 4. The van der Waals surface area contributed by atoms with Gasteiger partial charge in [-0.15, -0.1) is 0 Å². The number of hydrogen-bond donors (Lipinski definition) is 1. The van der Waals surface area contributed by atoms with Crippen molar-refractivity contribution in [3.05, 3.63) is 78.8 Å². The topological polar surface area (TPSA) is 85.8 Å². The molecule has 2 aromatic carbocycles. The molecule has 2 heterocycles. The van der Waals surface area contributed by atoms with Crippen LogP contribution in [0.5, 0.6) is 0 Å². The number of amides is 1. The molecule has 1 amide bonds. The molecule has 7 heteroatoms. The molecule has 0 aliphatic carbocycles. The minimum atomic E-state index is -0.0964. The Balaban J connectivity index is 1.39. The van der Waals surface area contributed by atoms with Crippen LogP contribution in [0.15, 0.2) is 77.7 Å². The van der Waals surface area contributed by atoms with Crippen LogP contribution < -0.4 is 5.32 Å². The van der Waals surface area contributed by atoms with Gasteiger partial charge in [-0.2, -0.15) is 4.98 Å². The second-order valence-corrected chi connectivity index (χ2v) is 5.98. The van der Waals surface area contributed by atoms with Gasteiger partial charge < -0.3 is 14.4 Å². The van der Waals surface area contributed by atoms with E-state index in [4.69, 9.17) is 4.52 Å². The van der Waals surface area contributed by atoms with E-state index in [1.807, 2.05) is 60.7 Å². The zero-order valence-electron chi connectivity index (χ0n) is 14.4. The molecule has 2 aromatic heterocycles. The van der Waals surface area contributed by atoms with Crippen LogP contribution in [0.3, 0.4) is 0 Å². The molecule has 0 aliphatic heterocycles. The number of rotatable bonds is 6. The first kappa shape index (κ1) is 16.7. The summed E-state index contributed by atoms with van der Waals surface area (Å²) in [6.07, 6.45) is 3.30. The highest BCUT2D eigenvalue weighted by molar-refractivity contribution is 5.75. The normalized spacial score (nSPS) is 10.7. The van der Waals surface area contributed by atoms with Crippen molar-refractivity contribution in [3.63, 3.8) is 0 Å². The lowest BCUT2D eigenvalue weighted by molar-refractivity contribution is -0.121. The van der Waals surface area contributed by atoms with Crippen LogP contribution in [0.25, 0.3) is 23.0 Å². The van der Waals surface area contributed by atoms with Gasteiger partial charge in [-0.05, 0) is 17.7 Å². The zero-order valence-corrected chi connectivity index (χ0v) is 14.4. The minimum Gasteiger partial charge on any atom is -0.350 e. The maximum atomic E-state index is 12.1. The van der Waals surface area contributed by atoms with Gasteiger partial charge in [0.1, 0.15) is 12.2 Å². The van der Waals surface area contributed by atoms with Crippen molar-refractivity contribution >= 4 is 5.91 Å². The highest BCUT2D eigenvalue weighted by atomic mass is 16.5. The minimum absolute atomic E-state index is 0.0964. The molecular formula is C20H17N5O2. The molecule has 0 bridgehead atoms. The first-order valence-corrected chi connectivity index (χ1v) is 8.50. The van der Waals surface area contributed by atoms with E-state index in [9.17, 15) is 4.79 Å². The van der Waals surface area contributed by atoms with E-state index < -0.39 is 0 Å². The molecule has 4 rings (SSSR count). The maximum absolute atomic E-state index is 12.1. The summed E-state index contributed by atoms with van der Waals surface area (Å²) in [5.41, 5.74) is 2.45. The van der Waals surface area contributed by atoms with Crippen molar-refractivity contribution < 1.29 is 9.32 Å². The molecule has 27 heavy (non-hydrogen) atoms. The van der Waals surface area contributed by atoms with Crippen molar-refractivity contribution in [1.82, 2.24) is 25.0 Å². The lowest BCUT2D eigenvalue weighted by atomic mass is 10.2. The van der Waals surface area contributed by atoms with Crippen LogP contribution in [0.2, 0.25) is 0 Å². The molecule has 0 radical (unpaired) electrons. The number of benzene rings is 2. The van der Waals surface area contributed by atoms with E-state index in [2.05, 4.69) is 20.4 Å². The highest BCUT2D eigenvalue weighted by Crippen LogP contribution is 2.20. The number of carbonyl (C=O) groups excluding carboxylic acids is 1. The molecule has 0 unspecified atom stereocenters. The number of carbonyl (C=O) groups is 1. The van der Waals surface area contributed by atoms with Crippen molar-refractivity contribution in [2.24, 2.45) is 0 Å². The quantitative estimate of drug-likeness (QED) is 0.572. The molecule has 0 saturated heterocycles. The van der Waals surface area contributed by atoms with Gasteiger partial charge in [0.2, 0.25) is 11.7 Å². The van der Waals surface area contributed by atoms with Crippen molar-refractivity contribution in [1.29, 1.82) is 0 Å². The molecule has 0 saturated carbocycles. The average molecular weight is 359 g/mol. The Kier molecular flexibility index (Phi) is 4.74. The smallest absolute Gasteiger partial charge is 0.258 e. The van der Waals surface area contributed by atoms with Crippen molar-refractivity contribution in [3.8, 4) is 23.0 Å². The van der Waals surface area contributed by atoms with Crippen LogP contribution in [-0.4, -0.2) is 25.6 Å². The first-order valence-electron chi connectivity index (χ1n) is 8.50. The van der Waals surface area contributed by atoms with Gasteiger partial charge >= 0.3 is 0 Å². The summed E-state index contributed by atoms with van der Waals surface area (Å²) in [5.74, 6) is 0.721. The van der Waals surface area contributed by atoms with Gasteiger partial charge in [-0.3, -0.25) is 4.79 Å². The lowest BCUT2D eigenvalue weighted by Crippen LogP contribution is -2.26. The largest absolute Gasteiger partial charge is 0.350 e. The van der Waals surface area contributed by atoms with Gasteiger partial charge in [0.05, 0.1) is 6.33 Å². The second-order valence-electron chi connectivity index (χ2n) is 5.98. The molecule has 0 fully saturated rings. The summed E-state index contributed by atoms with van der Waals surface area (Å²) in [5, 5.41) is 6.85. The first-order chi connectivity index (χ1) is 13.3. The SMILES string of the molecule is O=C(Cn1cnc(-c2noc(-c3ccccc3)n2)c1)NCc1ccccc1. The summed E-state index contributed by atoms with van der Waals surface area (Å²) in [6.45, 7) is 0.662. The Morgan fingerprint density at radius 1 is 1.04 bits per heavy atom. The molecule has 134 valence electrons. The second kappa shape index (κ2) is 7.65. The van der Waals surface area contributed by atoms with Crippen molar-refractivity contribution in [2.75, 3.05) is 0 Å². The fourth-order valence-corrected chi connectivity index (χ4v) is 2.61. The van der Waals surface area contributed by atoms with E-state index in [0.29, 0.717) is 24.0 Å². The molecule has 0 atom stereocenters. The Hall–Kier alpha value is -3.74. The lowest BCUT2D eigenvalue weighted by Gasteiger charge is -2.05. The number of nitrogens with one attached hydrogen (secondary N) is 1. The number of imidazole rings is 1. The Morgan fingerprint density at radius 3 is 2.56 bits per heavy atom. The van der Waals surface area contributed by atoms with E-state index in [1.165, 1.54) is 0 Å². The van der Waals surface area contributed by atoms with Crippen LogP contribution in [0.4, 0.5) is 0 Å². The summed E-state index contributed by atoms with van der Waals surface area (Å²) in [4.78, 5) is 20.7. The summed E-state index contributed by atoms with van der Waals surface area (Å²) in [6, 6.07) is 19.3. The Bertz CT molecular complexity index is 1020. The number of hydrogen-bond acceptors (Lipinski definition) is 5. The molecule has 7 nitrogen and oxygen atoms in total. The van der Waals surface area contributed by atoms with Gasteiger partial charge in [0, 0.05) is 18.3 Å². The molecule has 0 spiro atoms. The van der Waals surface area contributed by atoms with Gasteiger partial charge in [-0.25, -0.2) is 4.98 Å². The predicted molar refractivity (Wildman–Crippen MR) is 99.2 cm³/mol. The Labute approximate surface area is 155 Å². The molecule has 0 aliphatic rings. The van der Waals surface area contributed by atoms with Crippen LogP contribution in [-0.2, 0) is 17.9 Å². The van der Waals surface area contributed by atoms with E-state index in [1.54, 1.807) is 17.1 Å². The molecule has 4 aromatic rings. The zero-order chi connectivity index (χ0) is 18.5. The summed E-state index contributed by atoms with van der Waals surface area (Å²) in [7, 11) is 0. The van der Waals surface area contributed by atoms with Gasteiger partial charge in [0.15, 0.2) is 0 Å². The predicted octanol–water partition coefficient (Wildman–Crippen LogP) is 2.92. The van der Waals surface area contributed by atoms with E-state index >= 15 is 0 Å². The van der Waals surface area contributed by atoms with Crippen LogP contribution in [0, 0.1) is 0 Å². The van der Waals surface area contributed by atoms with E-state index in [-0.39, 0.29) is 12.5 Å². The van der Waals surface area contributed by atoms with Gasteiger partial charge in [-0.1, -0.05) is 53.7 Å². The summed E-state index contributed by atoms with van der Waals surface area (Å²) < 4.78 is 6.98. The maximum Gasteiger partial charge on any atom is 0.258 e.